The van der Waals surface area contributed by atoms with Gasteiger partial charge in [0.1, 0.15) is 12.0 Å². The predicted octanol–water partition coefficient (Wildman–Crippen LogP) is 4.87. The molecule has 34 heavy (non-hydrogen) atoms. The van der Waals surface area contributed by atoms with Gasteiger partial charge in [-0.15, -0.1) is 0 Å². The van der Waals surface area contributed by atoms with Crippen LogP contribution >= 0.6 is 0 Å². The van der Waals surface area contributed by atoms with E-state index in [-0.39, 0.29) is 23.8 Å². The number of nitrogens with one attached hydrogen (secondary N) is 1. The highest BCUT2D eigenvalue weighted by Crippen LogP contribution is 2.46. The van der Waals surface area contributed by atoms with Crippen LogP contribution in [0.3, 0.4) is 0 Å². The molecule has 6 heteroatoms. The third kappa shape index (κ3) is 4.55. The SMILES string of the molecule is COC(=O)[C@@H]1C(=O)C2=C(C[C@@H]1C)NC(C)=C(C(=O)OC1CCCCCC1)[C@@H]2c1ccccc1C. The van der Waals surface area contributed by atoms with Crippen molar-refractivity contribution in [1.29, 1.82) is 0 Å². The summed E-state index contributed by atoms with van der Waals surface area (Å²) in [7, 11) is 1.31. The van der Waals surface area contributed by atoms with Crippen LogP contribution in [-0.4, -0.2) is 30.9 Å². The molecule has 3 aliphatic rings. The maximum Gasteiger partial charge on any atom is 0.337 e. The van der Waals surface area contributed by atoms with Gasteiger partial charge in [-0.3, -0.25) is 9.59 Å². The molecule has 6 nitrogen and oxygen atoms in total. The summed E-state index contributed by atoms with van der Waals surface area (Å²) in [4.78, 5) is 40.0. The maximum atomic E-state index is 13.8. The molecule has 1 N–H and O–H groups in total. The first-order chi connectivity index (χ1) is 16.3. The van der Waals surface area contributed by atoms with Crippen molar-refractivity contribution in [2.24, 2.45) is 11.8 Å². The summed E-state index contributed by atoms with van der Waals surface area (Å²) >= 11 is 0. The van der Waals surface area contributed by atoms with Crippen LogP contribution in [0.5, 0.6) is 0 Å². The topological polar surface area (TPSA) is 81.7 Å². The van der Waals surface area contributed by atoms with E-state index < -0.39 is 17.8 Å². The second-order valence-electron chi connectivity index (χ2n) is 9.91. The highest BCUT2D eigenvalue weighted by Gasteiger charge is 2.47. The Morgan fingerprint density at radius 1 is 1.03 bits per heavy atom. The molecule has 1 fully saturated rings. The first kappa shape index (κ1) is 24.2. The van der Waals surface area contributed by atoms with Gasteiger partial charge in [-0.25, -0.2) is 4.79 Å². The van der Waals surface area contributed by atoms with E-state index in [1.165, 1.54) is 20.0 Å². The van der Waals surface area contributed by atoms with Crippen molar-refractivity contribution in [2.75, 3.05) is 7.11 Å². The van der Waals surface area contributed by atoms with E-state index >= 15 is 0 Å². The Balaban J connectivity index is 1.78. The molecular weight excluding hydrogens is 430 g/mol. The molecule has 182 valence electrons. The summed E-state index contributed by atoms with van der Waals surface area (Å²) in [5.41, 5.74) is 4.31. The van der Waals surface area contributed by atoms with Crippen LogP contribution in [0.4, 0.5) is 0 Å². The van der Waals surface area contributed by atoms with Gasteiger partial charge in [-0.1, -0.05) is 44.0 Å². The number of esters is 2. The maximum absolute atomic E-state index is 13.8. The Morgan fingerprint density at radius 3 is 2.35 bits per heavy atom. The van der Waals surface area contributed by atoms with Gasteiger partial charge in [0.05, 0.1) is 12.7 Å². The molecule has 1 saturated carbocycles. The lowest BCUT2D eigenvalue weighted by Crippen LogP contribution is -2.43. The van der Waals surface area contributed by atoms with Gasteiger partial charge in [0.25, 0.3) is 0 Å². The van der Waals surface area contributed by atoms with Crippen LogP contribution in [0.25, 0.3) is 0 Å². The monoisotopic (exact) mass is 465 g/mol. The van der Waals surface area contributed by atoms with Crippen LogP contribution in [-0.2, 0) is 23.9 Å². The number of carbonyl (C=O) groups is 3. The van der Waals surface area contributed by atoms with Crippen LogP contribution in [0, 0.1) is 18.8 Å². The number of rotatable bonds is 4. The second kappa shape index (κ2) is 10.2. The van der Waals surface area contributed by atoms with Crippen molar-refractivity contribution < 1.29 is 23.9 Å². The average molecular weight is 466 g/mol. The van der Waals surface area contributed by atoms with Crippen molar-refractivity contribution in [2.45, 2.75) is 77.7 Å². The lowest BCUT2D eigenvalue weighted by atomic mass is 9.68. The Morgan fingerprint density at radius 2 is 1.71 bits per heavy atom. The van der Waals surface area contributed by atoms with Crippen molar-refractivity contribution in [3.05, 3.63) is 57.9 Å². The smallest absolute Gasteiger partial charge is 0.337 e. The number of methoxy groups -OCH3 is 1. The minimum atomic E-state index is -0.880. The quantitative estimate of drug-likeness (QED) is 0.388. The number of Topliss-reactive ketones (excluding diaryl/α,β-unsaturated/α-hetero) is 1. The molecule has 0 spiro atoms. The Hall–Kier alpha value is -2.89. The van der Waals surface area contributed by atoms with Crippen LogP contribution in [0.15, 0.2) is 46.8 Å². The van der Waals surface area contributed by atoms with Gasteiger partial charge in [-0.05, 0) is 63.0 Å². The molecule has 2 aliphatic carbocycles. The first-order valence-electron chi connectivity index (χ1n) is 12.4. The van der Waals surface area contributed by atoms with Gasteiger partial charge >= 0.3 is 11.9 Å². The fourth-order valence-electron chi connectivity index (χ4n) is 5.75. The highest BCUT2D eigenvalue weighted by atomic mass is 16.5. The summed E-state index contributed by atoms with van der Waals surface area (Å²) in [6.07, 6.45) is 6.62. The largest absolute Gasteiger partial charge is 0.468 e. The second-order valence-corrected chi connectivity index (χ2v) is 9.91. The molecule has 1 heterocycles. The van der Waals surface area contributed by atoms with Crippen molar-refractivity contribution in [1.82, 2.24) is 5.32 Å². The first-order valence-corrected chi connectivity index (χ1v) is 12.4. The molecule has 1 aromatic carbocycles. The summed E-state index contributed by atoms with van der Waals surface area (Å²) < 4.78 is 11.0. The van der Waals surface area contributed by atoms with E-state index in [0.717, 1.165) is 42.5 Å². The lowest BCUT2D eigenvalue weighted by molar-refractivity contribution is -0.151. The Labute approximate surface area is 201 Å². The third-order valence-corrected chi connectivity index (χ3v) is 7.54. The van der Waals surface area contributed by atoms with Gasteiger partial charge in [0.2, 0.25) is 0 Å². The molecule has 1 aromatic rings. The zero-order valence-electron chi connectivity index (χ0n) is 20.6. The molecule has 0 saturated heterocycles. The highest BCUT2D eigenvalue weighted by molar-refractivity contribution is 6.12. The van der Waals surface area contributed by atoms with Gasteiger partial charge < -0.3 is 14.8 Å². The van der Waals surface area contributed by atoms with Gasteiger partial charge in [0, 0.05) is 22.9 Å². The number of aryl methyl sites for hydroxylation is 1. The molecule has 0 bridgehead atoms. The molecule has 1 aliphatic heterocycles. The molecule has 0 radical (unpaired) electrons. The minimum Gasteiger partial charge on any atom is -0.468 e. The van der Waals surface area contributed by atoms with E-state index in [9.17, 15) is 14.4 Å². The predicted molar refractivity (Wildman–Crippen MR) is 129 cm³/mol. The van der Waals surface area contributed by atoms with Crippen LogP contribution in [0.1, 0.15) is 75.8 Å². The number of benzene rings is 1. The minimum absolute atomic E-state index is 0.104. The standard InChI is InChI=1S/C28H35NO5/c1-16-11-9-10-14-20(16)24-23(28(32)34-19-12-7-5-6-8-13-19)18(3)29-21-15-17(2)22(27(31)33-4)26(30)25(21)24/h9-11,14,17,19,22,24,29H,5-8,12-13,15H2,1-4H3/t17-,22-,24-/m0/s1. The van der Waals surface area contributed by atoms with E-state index in [1.54, 1.807) is 0 Å². The summed E-state index contributed by atoms with van der Waals surface area (Å²) in [5, 5.41) is 3.34. The lowest BCUT2D eigenvalue weighted by Gasteiger charge is -2.38. The molecule has 4 rings (SSSR count). The number of carbonyl (C=O) groups excluding carboxylic acids is 3. The van der Waals surface area contributed by atoms with E-state index in [2.05, 4.69) is 5.32 Å². The molecular formula is C28H35NO5. The summed E-state index contributed by atoms with van der Waals surface area (Å²) in [6.45, 7) is 5.75. The number of ether oxygens (including phenoxy) is 2. The van der Waals surface area contributed by atoms with Crippen LogP contribution in [0.2, 0.25) is 0 Å². The number of allylic oxidation sites excluding steroid dienone is 3. The number of dihydropyridines is 1. The number of hydrogen-bond acceptors (Lipinski definition) is 6. The van der Waals surface area contributed by atoms with Crippen molar-refractivity contribution in [3.8, 4) is 0 Å². The Bertz CT molecular complexity index is 1040. The normalized spacial score (nSPS) is 25.9. The van der Waals surface area contributed by atoms with Gasteiger partial charge in [-0.2, -0.15) is 0 Å². The van der Waals surface area contributed by atoms with Crippen molar-refractivity contribution in [3.63, 3.8) is 0 Å². The summed E-state index contributed by atoms with van der Waals surface area (Å²) in [6, 6.07) is 7.80. The van der Waals surface area contributed by atoms with E-state index in [0.29, 0.717) is 23.3 Å². The molecule has 0 unspecified atom stereocenters. The zero-order valence-corrected chi connectivity index (χ0v) is 20.6. The summed E-state index contributed by atoms with van der Waals surface area (Å²) in [5.74, 6) is -2.83. The average Bonchev–Trinajstić information content (AvgIpc) is 3.06. The van der Waals surface area contributed by atoms with Crippen molar-refractivity contribution >= 4 is 17.7 Å². The van der Waals surface area contributed by atoms with Gasteiger partial charge in [0.15, 0.2) is 5.78 Å². The third-order valence-electron chi connectivity index (χ3n) is 7.54. The molecule has 3 atom stereocenters. The fraction of sp³-hybridized carbons (Fsp3) is 0.536. The van der Waals surface area contributed by atoms with E-state index in [1.807, 2.05) is 45.0 Å². The zero-order chi connectivity index (χ0) is 24.4. The fourth-order valence-corrected chi connectivity index (χ4v) is 5.75. The Kier molecular flexibility index (Phi) is 7.24. The van der Waals surface area contributed by atoms with Crippen LogP contribution < -0.4 is 5.32 Å². The number of ketones is 1. The number of hydrogen-bond donors (Lipinski definition) is 1. The van der Waals surface area contributed by atoms with E-state index in [4.69, 9.17) is 9.47 Å². The molecule has 0 aromatic heterocycles. The molecule has 0 amide bonds.